The van der Waals surface area contributed by atoms with Gasteiger partial charge >= 0.3 is 0 Å². The second-order valence-corrected chi connectivity index (χ2v) is 3.39. The summed E-state index contributed by atoms with van der Waals surface area (Å²) in [6.45, 7) is 1.84. The zero-order chi connectivity index (χ0) is 10.8. The van der Waals surface area contributed by atoms with Gasteiger partial charge in [-0.25, -0.2) is 0 Å². The predicted molar refractivity (Wildman–Crippen MR) is 58.2 cm³/mol. The molecule has 0 aromatic heterocycles. The maximum absolute atomic E-state index is 11.6. The van der Waals surface area contributed by atoms with Crippen LogP contribution in [0.5, 0.6) is 5.75 Å². The number of methoxy groups -OCH3 is 1. The Hall–Kier alpha value is -1.84. The van der Waals surface area contributed by atoms with E-state index in [4.69, 9.17) is 4.74 Å². The van der Waals surface area contributed by atoms with Gasteiger partial charge in [0.05, 0.1) is 13.5 Å². The second-order valence-electron chi connectivity index (χ2n) is 3.39. The largest absolute Gasteiger partial charge is 0.494 e. The number of benzene rings is 1. The van der Waals surface area contributed by atoms with Gasteiger partial charge in [0.15, 0.2) is 0 Å². The molecule has 78 valence electrons. The van der Waals surface area contributed by atoms with Crippen LogP contribution >= 0.6 is 0 Å². The van der Waals surface area contributed by atoms with E-state index in [0.717, 1.165) is 5.71 Å². The van der Waals surface area contributed by atoms with E-state index >= 15 is 0 Å². The van der Waals surface area contributed by atoms with E-state index in [0.29, 0.717) is 17.9 Å². The number of hydrazone groups is 1. The molecule has 0 radical (unpaired) electrons. The summed E-state index contributed by atoms with van der Waals surface area (Å²) >= 11 is 0. The number of amides is 1. The van der Waals surface area contributed by atoms with Crippen molar-refractivity contribution in [3.8, 4) is 5.75 Å². The number of hydrogen-bond acceptors (Lipinski definition) is 3. The van der Waals surface area contributed by atoms with Gasteiger partial charge in [0, 0.05) is 5.71 Å². The average molecular weight is 204 g/mol. The van der Waals surface area contributed by atoms with Gasteiger partial charge in [0.1, 0.15) is 11.4 Å². The van der Waals surface area contributed by atoms with Crippen LogP contribution in [-0.2, 0) is 4.79 Å². The van der Waals surface area contributed by atoms with E-state index < -0.39 is 0 Å². The van der Waals surface area contributed by atoms with Crippen molar-refractivity contribution in [1.82, 2.24) is 0 Å². The van der Waals surface area contributed by atoms with E-state index in [-0.39, 0.29) is 5.91 Å². The van der Waals surface area contributed by atoms with Gasteiger partial charge in [-0.05, 0) is 19.1 Å². The van der Waals surface area contributed by atoms with E-state index in [1.54, 1.807) is 7.11 Å². The fourth-order valence-corrected chi connectivity index (χ4v) is 1.55. The van der Waals surface area contributed by atoms with Crippen LogP contribution in [0.2, 0.25) is 0 Å². The third kappa shape index (κ3) is 1.70. The molecule has 2 rings (SSSR count). The van der Waals surface area contributed by atoms with Crippen molar-refractivity contribution < 1.29 is 9.53 Å². The Bertz CT molecular complexity index is 426. The number of carbonyl (C=O) groups is 1. The number of rotatable bonds is 2. The van der Waals surface area contributed by atoms with E-state index in [2.05, 4.69) is 5.10 Å². The van der Waals surface area contributed by atoms with Crippen molar-refractivity contribution in [3.63, 3.8) is 0 Å². The number of carbonyl (C=O) groups excluding carboxylic acids is 1. The molecule has 15 heavy (non-hydrogen) atoms. The topological polar surface area (TPSA) is 41.9 Å². The highest BCUT2D eigenvalue weighted by Crippen LogP contribution is 2.30. The molecule has 0 saturated heterocycles. The normalized spacial score (nSPS) is 15.5. The van der Waals surface area contributed by atoms with Gasteiger partial charge in [-0.2, -0.15) is 10.1 Å². The van der Waals surface area contributed by atoms with Gasteiger partial charge < -0.3 is 4.74 Å². The number of nitrogens with zero attached hydrogens (tertiary/aromatic N) is 2. The summed E-state index contributed by atoms with van der Waals surface area (Å²) in [6, 6.07) is 7.35. The number of para-hydroxylation sites is 2. The smallest absolute Gasteiger partial charge is 0.253 e. The minimum Gasteiger partial charge on any atom is -0.494 e. The Morgan fingerprint density at radius 3 is 2.73 bits per heavy atom. The fraction of sp³-hybridized carbons (Fsp3) is 0.273. The van der Waals surface area contributed by atoms with Crippen LogP contribution in [0.3, 0.4) is 0 Å². The van der Waals surface area contributed by atoms with E-state index in [9.17, 15) is 4.79 Å². The van der Waals surface area contributed by atoms with Crippen LogP contribution in [-0.4, -0.2) is 18.7 Å². The van der Waals surface area contributed by atoms with Gasteiger partial charge in [-0.15, -0.1) is 0 Å². The molecule has 1 aromatic rings. The van der Waals surface area contributed by atoms with Crippen LogP contribution in [0.4, 0.5) is 5.69 Å². The molecule has 4 nitrogen and oxygen atoms in total. The summed E-state index contributed by atoms with van der Waals surface area (Å²) in [5.41, 5.74) is 1.52. The summed E-state index contributed by atoms with van der Waals surface area (Å²) < 4.78 is 5.18. The predicted octanol–water partition coefficient (Wildman–Crippen LogP) is 1.81. The molecule has 1 aromatic carbocycles. The summed E-state index contributed by atoms with van der Waals surface area (Å²) in [6.07, 6.45) is 0.387. The molecule has 0 bridgehead atoms. The summed E-state index contributed by atoms with van der Waals surface area (Å²) in [4.78, 5) is 11.6. The highest BCUT2D eigenvalue weighted by molar-refractivity contribution is 6.12. The van der Waals surface area contributed by atoms with Crippen molar-refractivity contribution in [2.75, 3.05) is 12.1 Å². The van der Waals surface area contributed by atoms with Gasteiger partial charge in [0.2, 0.25) is 0 Å². The summed E-state index contributed by atoms with van der Waals surface area (Å²) in [7, 11) is 1.58. The highest BCUT2D eigenvalue weighted by Gasteiger charge is 2.24. The molecule has 4 heteroatoms. The van der Waals surface area contributed by atoms with Crippen LogP contribution in [0.25, 0.3) is 0 Å². The number of anilines is 1. The van der Waals surface area contributed by atoms with Crippen molar-refractivity contribution in [3.05, 3.63) is 24.3 Å². The van der Waals surface area contributed by atoms with Crippen molar-refractivity contribution in [1.29, 1.82) is 0 Å². The first-order valence-electron chi connectivity index (χ1n) is 4.72. The molecule has 0 spiro atoms. The molecule has 0 fully saturated rings. The molecule has 1 aliphatic heterocycles. The van der Waals surface area contributed by atoms with Crippen LogP contribution in [0.15, 0.2) is 29.4 Å². The van der Waals surface area contributed by atoms with Crippen LogP contribution in [0.1, 0.15) is 13.3 Å². The number of ether oxygens (including phenoxy) is 1. The average Bonchev–Trinajstić information content (AvgIpc) is 2.57. The third-order valence-electron chi connectivity index (χ3n) is 2.23. The first-order valence-corrected chi connectivity index (χ1v) is 4.72. The molecule has 0 atom stereocenters. The molecule has 1 heterocycles. The maximum atomic E-state index is 11.6. The van der Waals surface area contributed by atoms with Crippen molar-refractivity contribution in [2.24, 2.45) is 5.10 Å². The summed E-state index contributed by atoms with van der Waals surface area (Å²) in [5, 5.41) is 5.57. The van der Waals surface area contributed by atoms with Crippen molar-refractivity contribution >= 4 is 17.3 Å². The highest BCUT2D eigenvalue weighted by atomic mass is 16.5. The van der Waals surface area contributed by atoms with Gasteiger partial charge in [-0.1, -0.05) is 12.1 Å². The lowest BCUT2D eigenvalue weighted by atomic mass is 10.2. The van der Waals surface area contributed by atoms with Gasteiger partial charge in [0.25, 0.3) is 5.91 Å². The first kappa shape index (κ1) is 9.71. The molecule has 1 amide bonds. The number of hydrogen-bond donors (Lipinski definition) is 0. The fourth-order valence-electron chi connectivity index (χ4n) is 1.55. The standard InChI is InChI=1S/C11H12N2O2/c1-8-7-11(14)13(12-8)9-5-3-4-6-10(9)15-2/h3-6H,7H2,1-2H3. The zero-order valence-corrected chi connectivity index (χ0v) is 8.73. The second kappa shape index (κ2) is 3.73. The Morgan fingerprint density at radius 1 is 1.40 bits per heavy atom. The molecule has 0 saturated carbocycles. The van der Waals surface area contributed by atoms with Gasteiger partial charge in [-0.3, -0.25) is 4.79 Å². The lowest BCUT2D eigenvalue weighted by Gasteiger charge is -2.14. The van der Waals surface area contributed by atoms with Crippen molar-refractivity contribution in [2.45, 2.75) is 13.3 Å². The monoisotopic (exact) mass is 204 g/mol. The van der Waals surface area contributed by atoms with Crippen LogP contribution < -0.4 is 9.75 Å². The lowest BCUT2D eigenvalue weighted by molar-refractivity contribution is -0.116. The minimum absolute atomic E-state index is 0.0167. The first-order chi connectivity index (χ1) is 7.22. The van der Waals surface area contributed by atoms with E-state index in [1.165, 1.54) is 5.01 Å². The molecule has 0 unspecified atom stereocenters. The lowest BCUT2D eigenvalue weighted by Crippen LogP contribution is -2.20. The molecule has 0 N–H and O–H groups in total. The zero-order valence-electron chi connectivity index (χ0n) is 8.73. The SMILES string of the molecule is COc1ccccc1N1N=C(C)CC1=O. The Morgan fingerprint density at radius 2 is 2.13 bits per heavy atom. The molecule has 1 aliphatic rings. The van der Waals surface area contributed by atoms with E-state index in [1.807, 2.05) is 31.2 Å². The quantitative estimate of drug-likeness (QED) is 0.737. The Labute approximate surface area is 88.2 Å². The molecular formula is C11H12N2O2. The Kier molecular flexibility index (Phi) is 2.41. The molecular weight excluding hydrogens is 192 g/mol. The summed E-state index contributed by atoms with van der Waals surface area (Å²) in [5.74, 6) is 0.640. The third-order valence-corrected chi connectivity index (χ3v) is 2.23. The Balaban J connectivity index is 2.41. The maximum Gasteiger partial charge on any atom is 0.253 e. The molecule has 0 aliphatic carbocycles. The van der Waals surface area contributed by atoms with Crippen LogP contribution in [0, 0.1) is 0 Å². The minimum atomic E-state index is -0.0167.